The molecular formula is C13H23N3. The van der Waals surface area contributed by atoms with Gasteiger partial charge in [0.15, 0.2) is 5.82 Å². The van der Waals surface area contributed by atoms with Gasteiger partial charge in [0.05, 0.1) is 0 Å². The zero-order valence-electron chi connectivity index (χ0n) is 10.6. The molecule has 1 aliphatic rings. The number of aromatic nitrogens is 2. The quantitative estimate of drug-likeness (QED) is 0.819. The summed E-state index contributed by atoms with van der Waals surface area (Å²) in [6, 6.07) is 0.550. The Morgan fingerprint density at radius 3 is 2.69 bits per heavy atom. The highest BCUT2D eigenvalue weighted by molar-refractivity contribution is 5.46. The molecule has 0 amide bonds. The van der Waals surface area contributed by atoms with Crippen molar-refractivity contribution in [1.82, 2.24) is 10.2 Å². The van der Waals surface area contributed by atoms with Crippen molar-refractivity contribution in [2.45, 2.75) is 58.9 Å². The largest absolute Gasteiger partial charge is 0.366 e. The number of rotatable bonds is 4. The fourth-order valence-corrected chi connectivity index (χ4v) is 2.71. The Kier molecular flexibility index (Phi) is 3.52. The highest BCUT2D eigenvalue weighted by atomic mass is 15.2. The topological polar surface area (TPSA) is 40.7 Å². The molecule has 1 fully saturated rings. The molecule has 2 rings (SSSR count). The van der Waals surface area contributed by atoms with Crippen LogP contribution in [0.1, 0.15) is 50.8 Å². The minimum absolute atomic E-state index is 0.550. The van der Waals surface area contributed by atoms with Crippen LogP contribution < -0.4 is 5.32 Å². The molecule has 1 heterocycles. The fourth-order valence-electron chi connectivity index (χ4n) is 2.71. The van der Waals surface area contributed by atoms with E-state index in [1.54, 1.807) is 0 Å². The number of nitrogens with one attached hydrogen (secondary N) is 2. The van der Waals surface area contributed by atoms with Gasteiger partial charge >= 0.3 is 0 Å². The second-order valence-corrected chi connectivity index (χ2v) is 5.01. The number of H-pyrrole nitrogens is 1. The zero-order valence-corrected chi connectivity index (χ0v) is 10.6. The summed E-state index contributed by atoms with van der Waals surface area (Å²) < 4.78 is 0. The molecule has 2 N–H and O–H groups in total. The molecule has 1 saturated carbocycles. The van der Waals surface area contributed by atoms with Crippen molar-refractivity contribution in [3.05, 3.63) is 11.3 Å². The highest BCUT2D eigenvalue weighted by Gasteiger charge is 2.22. The average Bonchev–Trinajstić information content (AvgIpc) is 2.89. The molecule has 1 aromatic heterocycles. The number of aryl methyl sites for hydroxylation is 1. The molecule has 0 aliphatic heterocycles. The van der Waals surface area contributed by atoms with E-state index in [0.29, 0.717) is 6.04 Å². The summed E-state index contributed by atoms with van der Waals surface area (Å²) in [7, 11) is 0. The van der Waals surface area contributed by atoms with Crippen LogP contribution in [-0.4, -0.2) is 16.2 Å². The van der Waals surface area contributed by atoms with Crippen LogP contribution in [0.4, 0.5) is 5.82 Å². The molecule has 3 heteroatoms. The lowest BCUT2D eigenvalue weighted by Crippen LogP contribution is -2.24. The van der Waals surface area contributed by atoms with E-state index in [2.05, 4.69) is 36.3 Å². The predicted molar refractivity (Wildman–Crippen MR) is 67.7 cm³/mol. The Labute approximate surface area is 98.0 Å². The van der Waals surface area contributed by atoms with Crippen molar-refractivity contribution in [1.29, 1.82) is 0 Å². The minimum atomic E-state index is 0.550. The van der Waals surface area contributed by atoms with Gasteiger partial charge in [0.2, 0.25) is 0 Å². The monoisotopic (exact) mass is 221 g/mol. The van der Waals surface area contributed by atoms with Crippen LogP contribution >= 0.6 is 0 Å². The van der Waals surface area contributed by atoms with Crippen molar-refractivity contribution >= 4 is 5.82 Å². The van der Waals surface area contributed by atoms with Crippen LogP contribution in [0.5, 0.6) is 0 Å². The summed E-state index contributed by atoms with van der Waals surface area (Å²) in [6.45, 7) is 6.59. The van der Waals surface area contributed by atoms with E-state index in [1.165, 1.54) is 36.9 Å². The summed E-state index contributed by atoms with van der Waals surface area (Å²) in [5.41, 5.74) is 2.54. The van der Waals surface area contributed by atoms with E-state index in [4.69, 9.17) is 0 Å². The molecule has 1 unspecified atom stereocenters. The standard InChI is InChI=1S/C13H23N3/c1-4-12-9(2)13(16-15-12)14-10(3)11-7-5-6-8-11/h10-11H,4-8H2,1-3H3,(H2,14,15,16). The van der Waals surface area contributed by atoms with Crippen molar-refractivity contribution in [3.8, 4) is 0 Å². The first-order valence-electron chi connectivity index (χ1n) is 6.52. The second-order valence-electron chi connectivity index (χ2n) is 5.01. The molecular weight excluding hydrogens is 198 g/mol. The van der Waals surface area contributed by atoms with Gasteiger partial charge in [-0.25, -0.2) is 0 Å². The molecule has 3 nitrogen and oxygen atoms in total. The van der Waals surface area contributed by atoms with Gasteiger partial charge in [-0.1, -0.05) is 19.8 Å². The molecule has 16 heavy (non-hydrogen) atoms. The molecule has 90 valence electrons. The van der Waals surface area contributed by atoms with Crippen LogP contribution in [0, 0.1) is 12.8 Å². The third kappa shape index (κ3) is 2.23. The molecule has 1 aromatic rings. The minimum Gasteiger partial charge on any atom is -0.366 e. The van der Waals surface area contributed by atoms with E-state index in [-0.39, 0.29) is 0 Å². The Morgan fingerprint density at radius 2 is 2.12 bits per heavy atom. The zero-order chi connectivity index (χ0) is 11.5. The van der Waals surface area contributed by atoms with E-state index < -0.39 is 0 Å². The van der Waals surface area contributed by atoms with Gasteiger partial charge < -0.3 is 5.32 Å². The van der Waals surface area contributed by atoms with Gasteiger partial charge in [0, 0.05) is 17.3 Å². The first-order chi connectivity index (χ1) is 7.72. The number of hydrogen-bond donors (Lipinski definition) is 2. The molecule has 1 aliphatic carbocycles. The Bertz CT molecular complexity index is 337. The molecule has 0 bridgehead atoms. The Morgan fingerprint density at radius 1 is 1.44 bits per heavy atom. The van der Waals surface area contributed by atoms with Crippen LogP contribution in [0.15, 0.2) is 0 Å². The van der Waals surface area contributed by atoms with Gasteiger partial charge in [-0.2, -0.15) is 5.10 Å². The van der Waals surface area contributed by atoms with E-state index in [0.717, 1.165) is 18.2 Å². The lowest BCUT2D eigenvalue weighted by molar-refractivity contribution is 0.481. The van der Waals surface area contributed by atoms with Crippen molar-refractivity contribution in [3.63, 3.8) is 0 Å². The first kappa shape index (κ1) is 11.5. The summed E-state index contributed by atoms with van der Waals surface area (Å²) in [4.78, 5) is 0. The molecule has 0 spiro atoms. The van der Waals surface area contributed by atoms with E-state index in [9.17, 15) is 0 Å². The molecule has 0 radical (unpaired) electrons. The first-order valence-corrected chi connectivity index (χ1v) is 6.52. The van der Waals surface area contributed by atoms with Crippen LogP contribution in [0.3, 0.4) is 0 Å². The summed E-state index contributed by atoms with van der Waals surface area (Å²) in [5, 5.41) is 11.0. The van der Waals surface area contributed by atoms with Crippen molar-refractivity contribution in [2.24, 2.45) is 5.92 Å². The molecule has 0 saturated heterocycles. The number of aromatic amines is 1. The second kappa shape index (κ2) is 4.89. The Balaban J connectivity index is 1.99. The average molecular weight is 221 g/mol. The SMILES string of the molecule is CCc1[nH]nc(NC(C)C2CCCC2)c1C. The van der Waals surface area contributed by atoms with Gasteiger partial charge in [-0.05, 0) is 39.0 Å². The maximum Gasteiger partial charge on any atom is 0.151 e. The lowest BCUT2D eigenvalue weighted by atomic mass is 10.00. The summed E-state index contributed by atoms with van der Waals surface area (Å²) in [6.07, 6.45) is 6.57. The fraction of sp³-hybridized carbons (Fsp3) is 0.769. The third-order valence-electron chi connectivity index (χ3n) is 3.94. The van der Waals surface area contributed by atoms with Crippen LogP contribution in [0.2, 0.25) is 0 Å². The number of anilines is 1. The highest BCUT2D eigenvalue weighted by Crippen LogP contribution is 2.29. The molecule has 0 aromatic carbocycles. The maximum absolute atomic E-state index is 4.36. The predicted octanol–water partition coefficient (Wildman–Crippen LogP) is 3.27. The summed E-state index contributed by atoms with van der Waals surface area (Å²) >= 11 is 0. The lowest BCUT2D eigenvalue weighted by Gasteiger charge is -2.20. The number of nitrogens with zero attached hydrogens (tertiary/aromatic N) is 1. The van der Waals surface area contributed by atoms with Gasteiger partial charge in [-0.3, -0.25) is 5.10 Å². The van der Waals surface area contributed by atoms with Gasteiger partial charge in [0.25, 0.3) is 0 Å². The normalized spacial score (nSPS) is 18.9. The maximum atomic E-state index is 4.36. The molecule has 1 atom stereocenters. The number of hydrogen-bond acceptors (Lipinski definition) is 2. The smallest absolute Gasteiger partial charge is 0.151 e. The van der Waals surface area contributed by atoms with Gasteiger partial charge in [-0.15, -0.1) is 0 Å². The third-order valence-corrected chi connectivity index (χ3v) is 3.94. The van der Waals surface area contributed by atoms with E-state index >= 15 is 0 Å². The van der Waals surface area contributed by atoms with Crippen molar-refractivity contribution in [2.75, 3.05) is 5.32 Å². The van der Waals surface area contributed by atoms with Gasteiger partial charge in [0.1, 0.15) is 0 Å². The Hall–Kier alpha value is -0.990. The van der Waals surface area contributed by atoms with Crippen LogP contribution in [0.25, 0.3) is 0 Å². The van der Waals surface area contributed by atoms with E-state index in [1.807, 2.05) is 0 Å². The summed E-state index contributed by atoms with van der Waals surface area (Å²) in [5.74, 6) is 1.89. The van der Waals surface area contributed by atoms with Crippen LogP contribution in [-0.2, 0) is 6.42 Å². The van der Waals surface area contributed by atoms with Crippen molar-refractivity contribution < 1.29 is 0 Å².